The largest absolute Gasteiger partial charge is 0.392 e. The highest BCUT2D eigenvalue weighted by Crippen LogP contribution is 2.14. The third-order valence-electron chi connectivity index (χ3n) is 2.31. The maximum atomic E-state index is 9.20. The first-order valence-corrected chi connectivity index (χ1v) is 4.75. The van der Waals surface area contributed by atoms with Crippen molar-refractivity contribution in [3.63, 3.8) is 0 Å². The van der Waals surface area contributed by atoms with Crippen LogP contribution in [0.25, 0.3) is 0 Å². The molecule has 0 aliphatic carbocycles. The fraction of sp³-hybridized carbons (Fsp3) is 0.800. The highest BCUT2D eigenvalue weighted by atomic mass is 16.3. The molecule has 1 atom stereocenters. The molecule has 1 saturated heterocycles. The van der Waals surface area contributed by atoms with Gasteiger partial charge in [-0.1, -0.05) is 12.2 Å². The van der Waals surface area contributed by atoms with E-state index in [1.54, 1.807) is 0 Å². The SMILES string of the molecule is C=C1CCCN(CC(C)O)CC1. The minimum absolute atomic E-state index is 0.198. The van der Waals surface area contributed by atoms with Gasteiger partial charge < -0.3 is 10.0 Å². The zero-order valence-corrected chi connectivity index (χ0v) is 7.92. The Bertz CT molecular complexity index is 154. The number of hydrogen-bond donors (Lipinski definition) is 1. The molecule has 0 radical (unpaired) electrons. The molecule has 0 saturated carbocycles. The molecule has 1 N–H and O–H groups in total. The third-order valence-corrected chi connectivity index (χ3v) is 2.31. The van der Waals surface area contributed by atoms with Gasteiger partial charge >= 0.3 is 0 Å². The lowest BCUT2D eigenvalue weighted by Crippen LogP contribution is -2.31. The van der Waals surface area contributed by atoms with Crippen molar-refractivity contribution >= 4 is 0 Å². The second kappa shape index (κ2) is 4.63. The van der Waals surface area contributed by atoms with Gasteiger partial charge in [-0.25, -0.2) is 0 Å². The topological polar surface area (TPSA) is 23.5 Å². The molecule has 1 aliphatic heterocycles. The quantitative estimate of drug-likeness (QED) is 0.632. The molecular weight excluding hydrogens is 150 g/mol. The third kappa shape index (κ3) is 3.37. The average molecular weight is 169 g/mol. The lowest BCUT2D eigenvalue weighted by Gasteiger charge is -2.20. The number of aliphatic hydroxyl groups is 1. The van der Waals surface area contributed by atoms with Crippen molar-refractivity contribution in [2.24, 2.45) is 0 Å². The van der Waals surface area contributed by atoms with Gasteiger partial charge in [0.2, 0.25) is 0 Å². The monoisotopic (exact) mass is 169 g/mol. The number of likely N-dealkylation sites (tertiary alicyclic amines) is 1. The van der Waals surface area contributed by atoms with Gasteiger partial charge in [-0.3, -0.25) is 0 Å². The Morgan fingerprint density at radius 2 is 2.25 bits per heavy atom. The first-order valence-electron chi connectivity index (χ1n) is 4.75. The van der Waals surface area contributed by atoms with E-state index >= 15 is 0 Å². The number of hydrogen-bond acceptors (Lipinski definition) is 2. The lowest BCUT2D eigenvalue weighted by atomic mass is 10.1. The predicted octanol–water partition coefficient (Wildman–Crippen LogP) is 1.41. The van der Waals surface area contributed by atoms with Gasteiger partial charge in [0.05, 0.1) is 6.10 Å². The first kappa shape index (κ1) is 9.75. The number of nitrogens with zero attached hydrogens (tertiary/aromatic N) is 1. The molecule has 0 spiro atoms. The van der Waals surface area contributed by atoms with Crippen LogP contribution in [0.3, 0.4) is 0 Å². The van der Waals surface area contributed by atoms with Crippen molar-refractivity contribution in [1.29, 1.82) is 0 Å². The van der Waals surface area contributed by atoms with E-state index in [1.807, 2.05) is 6.92 Å². The van der Waals surface area contributed by atoms with E-state index in [-0.39, 0.29) is 6.10 Å². The summed E-state index contributed by atoms with van der Waals surface area (Å²) in [7, 11) is 0. The zero-order chi connectivity index (χ0) is 8.97. The smallest absolute Gasteiger partial charge is 0.0639 e. The molecule has 1 aliphatic rings. The van der Waals surface area contributed by atoms with Gasteiger partial charge in [0, 0.05) is 13.1 Å². The second-order valence-electron chi connectivity index (χ2n) is 3.75. The van der Waals surface area contributed by atoms with Crippen LogP contribution in [0.5, 0.6) is 0 Å². The van der Waals surface area contributed by atoms with Crippen LogP contribution in [-0.2, 0) is 0 Å². The van der Waals surface area contributed by atoms with Crippen molar-refractivity contribution in [2.45, 2.75) is 32.3 Å². The van der Waals surface area contributed by atoms with Crippen LogP contribution in [0.1, 0.15) is 26.2 Å². The van der Waals surface area contributed by atoms with Crippen molar-refractivity contribution in [3.05, 3.63) is 12.2 Å². The van der Waals surface area contributed by atoms with Gasteiger partial charge in [-0.2, -0.15) is 0 Å². The summed E-state index contributed by atoms with van der Waals surface area (Å²) in [5, 5.41) is 9.20. The van der Waals surface area contributed by atoms with E-state index in [2.05, 4.69) is 11.5 Å². The Kier molecular flexibility index (Phi) is 3.76. The van der Waals surface area contributed by atoms with E-state index in [0.29, 0.717) is 0 Å². The fourth-order valence-corrected chi connectivity index (χ4v) is 1.66. The van der Waals surface area contributed by atoms with Crippen molar-refractivity contribution < 1.29 is 5.11 Å². The van der Waals surface area contributed by atoms with E-state index in [0.717, 1.165) is 32.5 Å². The maximum Gasteiger partial charge on any atom is 0.0639 e. The maximum absolute atomic E-state index is 9.20. The van der Waals surface area contributed by atoms with Gasteiger partial charge in [0.25, 0.3) is 0 Å². The van der Waals surface area contributed by atoms with E-state index in [4.69, 9.17) is 0 Å². The number of rotatable bonds is 2. The summed E-state index contributed by atoms with van der Waals surface area (Å²) in [5.74, 6) is 0. The molecule has 1 rings (SSSR count). The fourth-order valence-electron chi connectivity index (χ4n) is 1.66. The minimum Gasteiger partial charge on any atom is -0.392 e. The van der Waals surface area contributed by atoms with Crippen LogP contribution >= 0.6 is 0 Å². The average Bonchev–Trinajstić information content (AvgIpc) is 2.15. The van der Waals surface area contributed by atoms with Crippen LogP contribution < -0.4 is 0 Å². The molecule has 2 nitrogen and oxygen atoms in total. The van der Waals surface area contributed by atoms with Crippen molar-refractivity contribution in [2.75, 3.05) is 19.6 Å². The van der Waals surface area contributed by atoms with Gasteiger partial charge in [0.1, 0.15) is 0 Å². The van der Waals surface area contributed by atoms with E-state index < -0.39 is 0 Å². The molecule has 1 unspecified atom stereocenters. The van der Waals surface area contributed by atoms with Crippen LogP contribution in [0.2, 0.25) is 0 Å². The van der Waals surface area contributed by atoms with Gasteiger partial charge in [-0.15, -0.1) is 0 Å². The Morgan fingerprint density at radius 3 is 2.92 bits per heavy atom. The summed E-state index contributed by atoms with van der Waals surface area (Å²) in [6, 6.07) is 0. The standard InChI is InChI=1S/C10H19NO/c1-9-4-3-6-11(7-5-9)8-10(2)12/h10,12H,1,3-8H2,2H3. The first-order chi connectivity index (χ1) is 5.68. The van der Waals surface area contributed by atoms with Crippen LogP contribution in [0.4, 0.5) is 0 Å². The zero-order valence-electron chi connectivity index (χ0n) is 7.92. The number of aliphatic hydroxyl groups excluding tert-OH is 1. The van der Waals surface area contributed by atoms with Crippen LogP contribution in [0.15, 0.2) is 12.2 Å². The van der Waals surface area contributed by atoms with Gasteiger partial charge in [-0.05, 0) is 32.7 Å². The summed E-state index contributed by atoms with van der Waals surface area (Å²) in [4.78, 5) is 2.32. The van der Waals surface area contributed by atoms with Gasteiger partial charge in [0.15, 0.2) is 0 Å². The van der Waals surface area contributed by atoms with E-state index in [1.165, 1.54) is 12.0 Å². The highest BCUT2D eigenvalue weighted by molar-refractivity contribution is 4.96. The lowest BCUT2D eigenvalue weighted by molar-refractivity contribution is 0.129. The van der Waals surface area contributed by atoms with Crippen LogP contribution in [0, 0.1) is 0 Å². The molecule has 1 heterocycles. The Morgan fingerprint density at radius 1 is 1.50 bits per heavy atom. The molecule has 0 amide bonds. The van der Waals surface area contributed by atoms with Crippen molar-refractivity contribution in [3.8, 4) is 0 Å². The second-order valence-corrected chi connectivity index (χ2v) is 3.75. The summed E-state index contributed by atoms with van der Waals surface area (Å²) < 4.78 is 0. The molecular formula is C10H19NO. The molecule has 0 bridgehead atoms. The Labute approximate surface area is 74.9 Å². The molecule has 70 valence electrons. The Balaban J connectivity index is 2.30. The molecule has 12 heavy (non-hydrogen) atoms. The molecule has 2 heteroatoms. The molecule has 0 aromatic rings. The predicted molar refractivity (Wildman–Crippen MR) is 51.1 cm³/mol. The molecule has 0 aromatic carbocycles. The van der Waals surface area contributed by atoms with E-state index in [9.17, 15) is 5.11 Å². The summed E-state index contributed by atoms with van der Waals surface area (Å²) in [6.45, 7) is 8.85. The molecule has 0 aromatic heterocycles. The summed E-state index contributed by atoms with van der Waals surface area (Å²) in [5.41, 5.74) is 1.36. The molecule has 1 fully saturated rings. The number of β-amino-alcohol motifs (C(OH)–C–C–N with tert-alkyl or cyclic N) is 1. The minimum atomic E-state index is -0.198. The summed E-state index contributed by atoms with van der Waals surface area (Å²) >= 11 is 0. The Hall–Kier alpha value is -0.340. The normalized spacial score (nSPS) is 23.7. The van der Waals surface area contributed by atoms with Crippen LogP contribution in [-0.4, -0.2) is 35.7 Å². The van der Waals surface area contributed by atoms with Crippen molar-refractivity contribution in [1.82, 2.24) is 4.90 Å². The highest BCUT2D eigenvalue weighted by Gasteiger charge is 2.11. The summed E-state index contributed by atoms with van der Waals surface area (Å²) in [6.07, 6.45) is 3.27.